The normalized spacial score (nSPS) is 15.5. The zero-order valence-electron chi connectivity index (χ0n) is 17.8. The summed E-state index contributed by atoms with van der Waals surface area (Å²) in [5.41, 5.74) is 3.12. The summed E-state index contributed by atoms with van der Waals surface area (Å²) < 4.78 is 3.39. The van der Waals surface area contributed by atoms with Crippen LogP contribution in [-0.2, 0) is 7.05 Å². The van der Waals surface area contributed by atoms with Gasteiger partial charge in [-0.1, -0.05) is 18.2 Å². The van der Waals surface area contributed by atoms with E-state index >= 15 is 0 Å². The van der Waals surface area contributed by atoms with Crippen molar-refractivity contribution in [2.45, 2.75) is 18.8 Å². The summed E-state index contributed by atoms with van der Waals surface area (Å²) in [5, 5.41) is 12.6. The number of aromatic hydroxyl groups is 1. The van der Waals surface area contributed by atoms with Crippen LogP contribution in [0, 0.1) is 0 Å². The SMILES string of the molecule is CN1CCC(c2cc(-c3ccncc3)c(-n3cc4ccccc4c3O)c(=O)n2C)CC1. The van der Waals surface area contributed by atoms with Crippen molar-refractivity contribution >= 4 is 10.8 Å². The van der Waals surface area contributed by atoms with Crippen LogP contribution in [-0.4, -0.2) is 44.3 Å². The largest absolute Gasteiger partial charge is 0.494 e. The van der Waals surface area contributed by atoms with Crippen LogP contribution in [0.4, 0.5) is 0 Å². The number of nitrogens with zero attached hydrogens (tertiary/aromatic N) is 4. The van der Waals surface area contributed by atoms with Crippen LogP contribution in [0.25, 0.3) is 27.6 Å². The molecule has 0 bridgehead atoms. The predicted octanol–water partition coefficient (Wildman–Crippen LogP) is 3.91. The molecule has 1 fully saturated rings. The molecule has 6 heteroatoms. The monoisotopic (exact) mass is 414 g/mol. The molecule has 0 aliphatic carbocycles. The van der Waals surface area contributed by atoms with Crippen LogP contribution in [0.3, 0.4) is 0 Å². The number of piperidine rings is 1. The number of rotatable bonds is 3. The zero-order chi connectivity index (χ0) is 21.5. The van der Waals surface area contributed by atoms with E-state index < -0.39 is 0 Å². The van der Waals surface area contributed by atoms with E-state index in [0.717, 1.165) is 53.5 Å². The molecule has 0 radical (unpaired) electrons. The molecular weight excluding hydrogens is 388 g/mol. The Balaban J connectivity index is 1.77. The Bertz CT molecular complexity index is 1300. The first-order valence-corrected chi connectivity index (χ1v) is 10.7. The Labute approximate surface area is 181 Å². The standard InChI is InChI=1S/C25H26N4O2/c1-27-13-9-18(10-14-27)22-15-21(17-7-11-26-12-8-17)23(25(31)28(22)2)29-16-19-5-3-4-6-20(19)24(29)30/h3-8,11-12,15-16,18,30H,9-10,13-14H2,1-2H3. The quantitative estimate of drug-likeness (QED) is 0.552. The first-order chi connectivity index (χ1) is 15.0. The Hall–Kier alpha value is -3.38. The fourth-order valence-electron chi connectivity index (χ4n) is 4.70. The highest BCUT2D eigenvalue weighted by molar-refractivity contribution is 5.89. The molecule has 4 aromatic rings. The van der Waals surface area contributed by atoms with Crippen molar-refractivity contribution in [2.24, 2.45) is 7.05 Å². The molecule has 1 aliphatic heterocycles. The maximum atomic E-state index is 13.7. The maximum absolute atomic E-state index is 13.7. The molecule has 1 aromatic carbocycles. The number of hydrogen-bond donors (Lipinski definition) is 1. The number of benzene rings is 1. The van der Waals surface area contributed by atoms with E-state index in [1.807, 2.05) is 49.6 Å². The van der Waals surface area contributed by atoms with Gasteiger partial charge in [-0.25, -0.2) is 0 Å². The molecule has 0 spiro atoms. The molecule has 3 aromatic heterocycles. The lowest BCUT2D eigenvalue weighted by Crippen LogP contribution is -2.33. The molecule has 4 heterocycles. The van der Waals surface area contributed by atoms with Gasteiger partial charge < -0.3 is 14.6 Å². The van der Waals surface area contributed by atoms with Crippen molar-refractivity contribution in [2.75, 3.05) is 20.1 Å². The molecule has 0 atom stereocenters. The van der Waals surface area contributed by atoms with Gasteiger partial charge in [0.1, 0.15) is 5.69 Å². The van der Waals surface area contributed by atoms with E-state index in [4.69, 9.17) is 0 Å². The Morgan fingerprint density at radius 1 is 1.03 bits per heavy atom. The Kier molecular flexibility index (Phi) is 4.87. The summed E-state index contributed by atoms with van der Waals surface area (Å²) in [4.78, 5) is 20.2. The van der Waals surface area contributed by atoms with Crippen LogP contribution >= 0.6 is 0 Å². The van der Waals surface area contributed by atoms with Gasteiger partial charge in [0.25, 0.3) is 5.56 Å². The van der Waals surface area contributed by atoms with E-state index in [1.54, 1.807) is 21.5 Å². The number of aromatic nitrogens is 3. The number of pyridine rings is 2. The predicted molar refractivity (Wildman–Crippen MR) is 123 cm³/mol. The van der Waals surface area contributed by atoms with Gasteiger partial charge in [0.05, 0.1) is 0 Å². The lowest BCUT2D eigenvalue weighted by Gasteiger charge is -2.30. The fraction of sp³-hybridized carbons (Fsp3) is 0.280. The van der Waals surface area contributed by atoms with E-state index in [9.17, 15) is 9.90 Å². The summed E-state index contributed by atoms with van der Waals surface area (Å²) in [5.74, 6) is 0.413. The fourth-order valence-corrected chi connectivity index (χ4v) is 4.70. The van der Waals surface area contributed by atoms with Crippen LogP contribution in [0.15, 0.2) is 65.8 Å². The summed E-state index contributed by atoms with van der Waals surface area (Å²) >= 11 is 0. The lowest BCUT2D eigenvalue weighted by atomic mass is 9.91. The van der Waals surface area contributed by atoms with E-state index in [-0.39, 0.29) is 11.4 Å². The van der Waals surface area contributed by atoms with Gasteiger partial charge in [-0.15, -0.1) is 0 Å². The van der Waals surface area contributed by atoms with Crippen LogP contribution in [0.5, 0.6) is 5.88 Å². The third-order valence-corrected chi connectivity index (χ3v) is 6.51. The van der Waals surface area contributed by atoms with Crippen molar-refractivity contribution < 1.29 is 5.11 Å². The topological polar surface area (TPSA) is 63.3 Å². The molecule has 31 heavy (non-hydrogen) atoms. The zero-order valence-corrected chi connectivity index (χ0v) is 17.8. The van der Waals surface area contributed by atoms with Crippen molar-refractivity contribution in [3.8, 4) is 22.7 Å². The molecular formula is C25H26N4O2. The van der Waals surface area contributed by atoms with Gasteiger partial charge in [0.15, 0.2) is 0 Å². The van der Waals surface area contributed by atoms with Crippen molar-refractivity contribution in [1.29, 1.82) is 0 Å². The third kappa shape index (κ3) is 3.33. The van der Waals surface area contributed by atoms with Gasteiger partial charge in [-0.05, 0) is 62.8 Å². The molecule has 1 aliphatic rings. The highest BCUT2D eigenvalue weighted by atomic mass is 16.3. The van der Waals surface area contributed by atoms with E-state index in [0.29, 0.717) is 11.6 Å². The van der Waals surface area contributed by atoms with Gasteiger partial charge in [0, 0.05) is 53.6 Å². The first kappa shape index (κ1) is 19.6. The summed E-state index contributed by atoms with van der Waals surface area (Å²) in [6.45, 7) is 2.05. The van der Waals surface area contributed by atoms with Crippen molar-refractivity contribution in [3.05, 3.63) is 77.1 Å². The molecule has 0 saturated carbocycles. The molecule has 5 rings (SSSR count). The molecule has 0 amide bonds. The molecule has 6 nitrogen and oxygen atoms in total. The van der Waals surface area contributed by atoms with Gasteiger partial charge in [0.2, 0.25) is 5.88 Å². The van der Waals surface area contributed by atoms with E-state index in [2.05, 4.69) is 23.0 Å². The van der Waals surface area contributed by atoms with Gasteiger partial charge in [-0.2, -0.15) is 0 Å². The summed E-state index contributed by atoms with van der Waals surface area (Å²) in [7, 11) is 3.98. The molecule has 158 valence electrons. The highest BCUT2D eigenvalue weighted by Crippen LogP contribution is 2.35. The Morgan fingerprint density at radius 2 is 1.74 bits per heavy atom. The third-order valence-electron chi connectivity index (χ3n) is 6.51. The molecule has 0 unspecified atom stereocenters. The van der Waals surface area contributed by atoms with Crippen molar-refractivity contribution in [3.63, 3.8) is 0 Å². The van der Waals surface area contributed by atoms with E-state index in [1.165, 1.54) is 0 Å². The van der Waals surface area contributed by atoms with Crippen LogP contribution < -0.4 is 5.56 Å². The minimum atomic E-state index is -0.112. The second-order valence-corrected chi connectivity index (χ2v) is 8.42. The van der Waals surface area contributed by atoms with Gasteiger partial charge in [-0.3, -0.25) is 14.3 Å². The van der Waals surface area contributed by atoms with Gasteiger partial charge >= 0.3 is 0 Å². The molecule has 1 saturated heterocycles. The highest BCUT2D eigenvalue weighted by Gasteiger charge is 2.25. The summed E-state index contributed by atoms with van der Waals surface area (Å²) in [6, 6.07) is 13.6. The number of hydrogen-bond acceptors (Lipinski definition) is 4. The Morgan fingerprint density at radius 3 is 2.45 bits per heavy atom. The second-order valence-electron chi connectivity index (χ2n) is 8.42. The summed E-state index contributed by atoms with van der Waals surface area (Å²) in [6.07, 6.45) is 7.35. The van der Waals surface area contributed by atoms with Crippen LogP contribution in [0.2, 0.25) is 0 Å². The minimum Gasteiger partial charge on any atom is -0.494 e. The maximum Gasteiger partial charge on any atom is 0.275 e. The number of likely N-dealkylation sites (tertiary alicyclic amines) is 1. The molecule has 1 N–H and O–H groups in total. The second kappa shape index (κ2) is 7.71. The smallest absolute Gasteiger partial charge is 0.275 e. The first-order valence-electron chi connectivity index (χ1n) is 10.7. The number of fused-ring (bicyclic) bond motifs is 1. The average Bonchev–Trinajstić information content (AvgIpc) is 3.13. The lowest BCUT2D eigenvalue weighted by molar-refractivity contribution is 0.251. The van der Waals surface area contributed by atoms with Crippen LogP contribution in [0.1, 0.15) is 24.5 Å². The van der Waals surface area contributed by atoms with Crippen molar-refractivity contribution in [1.82, 2.24) is 19.0 Å². The average molecular weight is 415 g/mol. The minimum absolute atomic E-state index is 0.0787.